The van der Waals surface area contributed by atoms with Gasteiger partial charge >= 0.3 is 0 Å². The lowest BCUT2D eigenvalue weighted by molar-refractivity contribution is -0.159. The van der Waals surface area contributed by atoms with Gasteiger partial charge in [0.25, 0.3) is 0 Å². The summed E-state index contributed by atoms with van der Waals surface area (Å²) in [5, 5.41) is 4.20. The lowest BCUT2D eigenvalue weighted by atomic mass is 9.85. The third-order valence-electron chi connectivity index (χ3n) is 6.25. The van der Waals surface area contributed by atoms with Crippen LogP contribution in [0.2, 0.25) is 5.02 Å². The molecule has 5 rings (SSSR count). The summed E-state index contributed by atoms with van der Waals surface area (Å²) in [6, 6.07) is 15.7. The van der Waals surface area contributed by atoms with Crippen LogP contribution in [0.4, 0.5) is 5.13 Å². The zero-order valence-corrected chi connectivity index (χ0v) is 19.3. The van der Waals surface area contributed by atoms with Gasteiger partial charge in [0, 0.05) is 24.7 Å². The van der Waals surface area contributed by atoms with Crippen LogP contribution in [0.3, 0.4) is 0 Å². The summed E-state index contributed by atoms with van der Waals surface area (Å²) in [6.07, 6.45) is 2.89. The fourth-order valence-electron chi connectivity index (χ4n) is 4.60. The number of amides is 1. The molecule has 2 aromatic carbocycles. The van der Waals surface area contributed by atoms with Crippen molar-refractivity contribution in [3.05, 3.63) is 59.1 Å². The van der Waals surface area contributed by atoms with E-state index in [-0.39, 0.29) is 17.6 Å². The number of piperidine rings is 1. The first-order valence-corrected chi connectivity index (χ1v) is 12.2. The third kappa shape index (κ3) is 4.82. The van der Waals surface area contributed by atoms with Crippen molar-refractivity contribution in [1.29, 1.82) is 0 Å². The molecule has 168 valence electrons. The first-order valence-electron chi connectivity index (χ1n) is 11.0. The van der Waals surface area contributed by atoms with Gasteiger partial charge in [0.15, 0.2) is 5.13 Å². The molecule has 6 nitrogen and oxygen atoms in total. The maximum atomic E-state index is 12.7. The quantitative estimate of drug-likeness (QED) is 0.563. The van der Waals surface area contributed by atoms with Gasteiger partial charge in [-0.2, -0.15) is 0 Å². The highest BCUT2D eigenvalue weighted by Gasteiger charge is 2.47. The van der Waals surface area contributed by atoms with Crippen LogP contribution in [-0.2, 0) is 20.9 Å². The minimum atomic E-state index is -0.228. The number of fused-ring (bicyclic) bond motifs is 1. The molecule has 0 unspecified atom stereocenters. The van der Waals surface area contributed by atoms with Gasteiger partial charge in [-0.15, -0.1) is 0 Å². The van der Waals surface area contributed by atoms with Crippen LogP contribution in [0.1, 0.15) is 24.8 Å². The lowest BCUT2D eigenvalue weighted by Crippen LogP contribution is -2.57. The number of anilines is 1. The van der Waals surface area contributed by atoms with E-state index in [2.05, 4.69) is 27.3 Å². The lowest BCUT2D eigenvalue weighted by Gasteiger charge is -2.44. The summed E-state index contributed by atoms with van der Waals surface area (Å²) in [4.78, 5) is 19.4. The zero-order valence-electron chi connectivity index (χ0n) is 17.8. The van der Waals surface area contributed by atoms with Crippen LogP contribution in [0, 0.1) is 0 Å². The monoisotopic (exact) mass is 471 g/mol. The number of carbonyl (C=O) groups is 1. The molecular formula is C24H26ClN3O3S. The Morgan fingerprint density at radius 1 is 1.28 bits per heavy atom. The summed E-state index contributed by atoms with van der Waals surface area (Å²) in [5.74, 6) is -0.0692. The molecule has 1 aromatic heterocycles. The Morgan fingerprint density at radius 2 is 2.16 bits per heavy atom. The highest BCUT2D eigenvalue weighted by molar-refractivity contribution is 7.22. The van der Waals surface area contributed by atoms with E-state index in [9.17, 15) is 4.79 Å². The number of ether oxygens (including phenoxy) is 2. The van der Waals surface area contributed by atoms with Crippen molar-refractivity contribution in [3.63, 3.8) is 0 Å². The number of halogens is 1. The molecule has 0 bridgehead atoms. The minimum absolute atomic E-state index is 0.0589. The normalized spacial score (nSPS) is 23.7. The van der Waals surface area contributed by atoms with E-state index in [1.165, 1.54) is 11.3 Å². The Balaban J connectivity index is 1.22. The Hall–Kier alpha value is -2.03. The van der Waals surface area contributed by atoms with Crippen molar-refractivity contribution in [2.24, 2.45) is 0 Å². The summed E-state index contributed by atoms with van der Waals surface area (Å²) < 4.78 is 13.5. The Labute approximate surface area is 196 Å². The van der Waals surface area contributed by atoms with Crippen LogP contribution in [0.25, 0.3) is 10.2 Å². The van der Waals surface area contributed by atoms with E-state index in [1.54, 1.807) is 6.07 Å². The van der Waals surface area contributed by atoms with Crippen molar-refractivity contribution in [3.8, 4) is 0 Å². The number of thiazole rings is 1. The van der Waals surface area contributed by atoms with E-state index < -0.39 is 0 Å². The molecule has 2 fully saturated rings. The molecule has 2 aliphatic rings. The van der Waals surface area contributed by atoms with E-state index in [0.717, 1.165) is 48.2 Å². The zero-order chi connectivity index (χ0) is 22.0. The second-order valence-corrected chi connectivity index (χ2v) is 9.93. The first kappa shape index (κ1) is 21.8. The Morgan fingerprint density at radius 3 is 2.97 bits per heavy atom. The topological polar surface area (TPSA) is 63.7 Å². The first-order chi connectivity index (χ1) is 15.6. The van der Waals surface area contributed by atoms with Gasteiger partial charge in [-0.05, 0) is 43.0 Å². The SMILES string of the molecule is O=C(CN1CC[C@@]2(CCCO2)[C@@H](OCc2ccccc2)C1)Nc1nc2ccc(Cl)cc2s1. The highest BCUT2D eigenvalue weighted by Crippen LogP contribution is 2.38. The van der Waals surface area contributed by atoms with E-state index in [4.69, 9.17) is 21.1 Å². The van der Waals surface area contributed by atoms with Crippen molar-refractivity contribution < 1.29 is 14.3 Å². The maximum Gasteiger partial charge on any atom is 0.240 e. The predicted octanol–water partition coefficient (Wildman–Crippen LogP) is 4.73. The number of aromatic nitrogens is 1. The van der Waals surface area contributed by atoms with E-state index >= 15 is 0 Å². The molecule has 0 aliphatic carbocycles. The van der Waals surface area contributed by atoms with Crippen LogP contribution >= 0.6 is 22.9 Å². The standard InChI is InChI=1S/C24H26ClN3O3S/c25-18-7-8-19-20(13-18)32-23(26-19)27-22(29)15-28-11-10-24(9-4-12-31-24)21(14-28)30-16-17-5-2-1-3-6-17/h1-3,5-8,13,21H,4,9-12,14-16H2,(H,26,27,29)/t21-,24-/m0/s1. The highest BCUT2D eigenvalue weighted by atomic mass is 35.5. The van der Waals surface area contributed by atoms with Gasteiger partial charge in [0.05, 0.1) is 35.1 Å². The number of nitrogens with one attached hydrogen (secondary N) is 1. The molecule has 32 heavy (non-hydrogen) atoms. The summed E-state index contributed by atoms with van der Waals surface area (Å²) in [7, 11) is 0. The molecule has 1 N–H and O–H groups in total. The fourth-order valence-corrected chi connectivity index (χ4v) is 5.76. The van der Waals surface area contributed by atoms with Crippen molar-refractivity contribution in [1.82, 2.24) is 9.88 Å². The fraction of sp³-hybridized carbons (Fsp3) is 0.417. The van der Waals surface area contributed by atoms with Crippen molar-refractivity contribution in [2.45, 2.75) is 37.6 Å². The van der Waals surface area contributed by atoms with Gasteiger partial charge < -0.3 is 14.8 Å². The summed E-state index contributed by atoms with van der Waals surface area (Å²) in [6.45, 7) is 3.12. The summed E-state index contributed by atoms with van der Waals surface area (Å²) in [5.41, 5.74) is 1.75. The second kappa shape index (κ2) is 9.45. The molecule has 0 saturated carbocycles. The number of carbonyl (C=O) groups excluding carboxylic acids is 1. The van der Waals surface area contributed by atoms with Gasteiger partial charge in [-0.3, -0.25) is 9.69 Å². The third-order valence-corrected chi connectivity index (χ3v) is 7.42. The minimum Gasteiger partial charge on any atom is -0.372 e. The molecular weight excluding hydrogens is 446 g/mol. The number of nitrogens with zero attached hydrogens (tertiary/aromatic N) is 2. The van der Waals surface area contributed by atoms with Gasteiger partial charge in [-0.25, -0.2) is 4.98 Å². The van der Waals surface area contributed by atoms with Crippen molar-refractivity contribution in [2.75, 3.05) is 31.6 Å². The predicted molar refractivity (Wildman–Crippen MR) is 127 cm³/mol. The largest absolute Gasteiger partial charge is 0.372 e. The van der Waals surface area contributed by atoms with E-state index in [0.29, 0.717) is 29.9 Å². The molecule has 0 radical (unpaired) electrons. The maximum absolute atomic E-state index is 12.7. The van der Waals surface area contributed by atoms with Crippen LogP contribution in [0.5, 0.6) is 0 Å². The molecule has 2 atom stereocenters. The number of hydrogen-bond acceptors (Lipinski definition) is 6. The van der Waals surface area contributed by atoms with E-state index in [1.807, 2.05) is 30.3 Å². The van der Waals surface area contributed by atoms with Crippen LogP contribution in [0.15, 0.2) is 48.5 Å². The smallest absolute Gasteiger partial charge is 0.240 e. The second-order valence-electron chi connectivity index (χ2n) is 8.47. The molecule has 3 heterocycles. The Kier molecular flexibility index (Phi) is 6.44. The Bertz CT molecular complexity index is 1080. The van der Waals surface area contributed by atoms with Gasteiger partial charge in [0.2, 0.25) is 5.91 Å². The van der Waals surface area contributed by atoms with Gasteiger partial charge in [0.1, 0.15) is 0 Å². The van der Waals surface area contributed by atoms with Crippen LogP contribution in [-0.4, -0.2) is 53.7 Å². The summed E-state index contributed by atoms with van der Waals surface area (Å²) >= 11 is 7.49. The number of likely N-dealkylation sites (tertiary alicyclic amines) is 1. The molecule has 8 heteroatoms. The van der Waals surface area contributed by atoms with Crippen LogP contribution < -0.4 is 5.32 Å². The number of rotatable bonds is 6. The molecule has 2 aliphatic heterocycles. The average molecular weight is 472 g/mol. The number of benzene rings is 2. The van der Waals surface area contributed by atoms with Gasteiger partial charge in [-0.1, -0.05) is 53.3 Å². The average Bonchev–Trinajstić information content (AvgIpc) is 3.41. The number of hydrogen-bond donors (Lipinski definition) is 1. The molecule has 3 aromatic rings. The molecule has 2 saturated heterocycles. The van der Waals surface area contributed by atoms with Crippen molar-refractivity contribution >= 4 is 44.2 Å². The molecule has 1 spiro atoms. The molecule has 1 amide bonds.